The number of likely N-dealkylation sites (N-methyl/N-ethyl adjacent to an activating group) is 1. The molecular weight excluding hydrogens is 543 g/mol. The number of ether oxygens (including phenoxy) is 1. The Morgan fingerprint density at radius 3 is 2.41 bits per heavy atom. The van der Waals surface area contributed by atoms with Crippen LogP contribution in [0.2, 0.25) is 0 Å². The first-order valence-corrected chi connectivity index (χ1v) is 11.3. The van der Waals surface area contributed by atoms with Crippen LogP contribution in [0.1, 0.15) is 16.8 Å². The number of aliphatic hydroxyl groups excluding tert-OH is 1. The second-order valence-corrected chi connectivity index (χ2v) is 8.62. The van der Waals surface area contributed by atoms with Crippen molar-refractivity contribution in [3.05, 3.63) is 46.9 Å². The molecule has 214 valence electrons. The highest BCUT2D eigenvalue weighted by atomic mass is 19.4. The van der Waals surface area contributed by atoms with E-state index in [1.807, 2.05) is 0 Å². The van der Waals surface area contributed by atoms with Gasteiger partial charge in [0.2, 0.25) is 0 Å². The molecule has 0 radical (unpaired) electrons. The Morgan fingerprint density at radius 2 is 1.85 bits per heavy atom. The molecule has 16 heteroatoms. The van der Waals surface area contributed by atoms with E-state index in [-0.39, 0.29) is 49.8 Å². The van der Waals surface area contributed by atoms with Crippen molar-refractivity contribution in [2.75, 3.05) is 50.1 Å². The molecule has 1 fully saturated rings. The lowest BCUT2D eigenvalue weighted by Gasteiger charge is -2.26. The van der Waals surface area contributed by atoms with Crippen LogP contribution in [0.25, 0.3) is 0 Å². The van der Waals surface area contributed by atoms with Crippen molar-refractivity contribution < 1.29 is 50.2 Å². The molecule has 0 bridgehead atoms. The Labute approximate surface area is 217 Å². The summed E-state index contributed by atoms with van der Waals surface area (Å²) in [5.41, 5.74) is -4.76. The van der Waals surface area contributed by atoms with Gasteiger partial charge in [-0.25, -0.2) is 19.0 Å². The van der Waals surface area contributed by atoms with Gasteiger partial charge < -0.3 is 20.1 Å². The van der Waals surface area contributed by atoms with E-state index in [1.54, 1.807) is 0 Å². The topological polar surface area (TPSA) is 98.2 Å². The minimum Gasteiger partial charge on any atom is -0.407 e. The minimum atomic E-state index is -5.43. The van der Waals surface area contributed by atoms with Crippen LogP contribution in [0, 0.1) is 12.7 Å². The van der Waals surface area contributed by atoms with Crippen molar-refractivity contribution >= 4 is 23.6 Å². The van der Waals surface area contributed by atoms with Gasteiger partial charge in [-0.05, 0) is 38.2 Å². The highest BCUT2D eigenvalue weighted by Gasteiger charge is 2.44. The number of nitrogens with zero attached hydrogens (tertiary/aromatic N) is 4. The van der Waals surface area contributed by atoms with Gasteiger partial charge in [0.1, 0.15) is 17.2 Å². The van der Waals surface area contributed by atoms with E-state index in [4.69, 9.17) is 4.74 Å². The van der Waals surface area contributed by atoms with E-state index < -0.39 is 59.0 Å². The maximum atomic E-state index is 14.0. The predicted octanol–water partition coefficient (Wildman–Crippen LogP) is 4.02. The highest BCUT2D eigenvalue weighted by Crippen LogP contribution is 2.47. The monoisotopic (exact) mass is 567 g/mol. The van der Waals surface area contributed by atoms with Gasteiger partial charge >= 0.3 is 24.5 Å². The third-order valence-corrected chi connectivity index (χ3v) is 5.77. The number of pyridine rings is 1. The number of alkyl halides is 6. The van der Waals surface area contributed by atoms with Gasteiger partial charge in [0.05, 0.1) is 23.0 Å². The van der Waals surface area contributed by atoms with Crippen molar-refractivity contribution in [1.29, 1.82) is 0 Å². The number of amides is 3. The third-order valence-electron chi connectivity index (χ3n) is 5.77. The average Bonchev–Trinajstić information content (AvgIpc) is 3.18. The van der Waals surface area contributed by atoms with Crippen molar-refractivity contribution in [3.8, 4) is 5.75 Å². The normalized spacial score (nSPS) is 15.1. The van der Waals surface area contributed by atoms with Crippen molar-refractivity contribution in [2.45, 2.75) is 25.4 Å². The molecule has 2 N–H and O–H groups in total. The summed E-state index contributed by atoms with van der Waals surface area (Å²) in [6.45, 7) is 0.588. The summed E-state index contributed by atoms with van der Waals surface area (Å²) in [6.07, 6.45) is -13.2. The smallest absolute Gasteiger partial charge is 0.407 e. The lowest BCUT2D eigenvalue weighted by molar-refractivity contribution is -0.143. The van der Waals surface area contributed by atoms with E-state index in [2.05, 4.69) is 10.3 Å². The molecule has 0 saturated carbocycles. The number of aromatic nitrogens is 1. The van der Waals surface area contributed by atoms with Crippen LogP contribution < -0.4 is 19.9 Å². The molecule has 3 rings (SSSR count). The Hall–Kier alpha value is -3.66. The van der Waals surface area contributed by atoms with Gasteiger partial charge in [0, 0.05) is 33.2 Å². The fraction of sp³-hybridized carbons (Fsp3) is 0.435. The van der Waals surface area contributed by atoms with Crippen LogP contribution in [0.4, 0.5) is 51.8 Å². The Bertz CT molecular complexity index is 1240. The van der Waals surface area contributed by atoms with E-state index in [0.717, 1.165) is 24.1 Å². The number of carbonyl (C=O) groups excluding carboxylic acids is 2. The lowest BCUT2D eigenvalue weighted by Crippen LogP contribution is -2.40. The SMILES string of the molecule is CNCC(O)CN1CCN(c2cc(C(F)(F)F)cc(C(F)(F)F)c2OC(=O)N(C)c2ccc(F)c(C)n2)C1=O. The molecule has 1 unspecified atom stereocenters. The molecule has 0 aliphatic carbocycles. The number of β-amino-alcohol motifs (C(OH)–C–C–N with tert-alkyl or cyclic N) is 1. The summed E-state index contributed by atoms with van der Waals surface area (Å²) in [6, 6.07) is 1.05. The zero-order valence-corrected chi connectivity index (χ0v) is 20.8. The first kappa shape index (κ1) is 29.9. The second-order valence-electron chi connectivity index (χ2n) is 8.62. The number of anilines is 2. The summed E-state index contributed by atoms with van der Waals surface area (Å²) in [4.78, 5) is 31.9. The summed E-state index contributed by atoms with van der Waals surface area (Å²) >= 11 is 0. The van der Waals surface area contributed by atoms with E-state index in [9.17, 15) is 45.4 Å². The lowest BCUT2D eigenvalue weighted by atomic mass is 10.1. The molecule has 3 amide bonds. The number of hydrogen-bond donors (Lipinski definition) is 2. The van der Waals surface area contributed by atoms with Crippen LogP contribution in [0.3, 0.4) is 0 Å². The minimum absolute atomic E-state index is 0.0671. The van der Waals surface area contributed by atoms with Crippen LogP contribution in [-0.2, 0) is 12.4 Å². The van der Waals surface area contributed by atoms with Crippen LogP contribution in [0.15, 0.2) is 24.3 Å². The predicted molar refractivity (Wildman–Crippen MR) is 124 cm³/mol. The molecule has 1 aliphatic rings. The summed E-state index contributed by atoms with van der Waals surface area (Å²) in [5, 5.41) is 12.7. The van der Waals surface area contributed by atoms with Crippen molar-refractivity contribution in [2.24, 2.45) is 0 Å². The maximum absolute atomic E-state index is 14.0. The molecule has 1 saturated heterocycles. The second kappa shape index (κ2) is 11.2. The summed E-state index contributed by atoms with van der Waals surface area (Å²) in [5.74, 6) is -2.28. The number of aryl methyl sites for hydroxylation is 1. The van der Waals surface area contributed by atoms with E-state index in [0.29, 0.717) is 9.80 Å². The molecule has 2 aromatic rings. The molecule has 1 atom stereocenters. The van der Waals surface area contributed by atoms with Crippen LogP contribution >= 0.6 is 0 Å². The molecule has 9 nitrogen and oxygen atoms in total. The Balaban J connectivity index is 2.09. The number of carbonyl (C=O) groups is 2. The summed E-state index contributed by atoms with van der Waals surface area (Å²) in [7, 11) is 2.58. The Morgan fingerprint density at radius 1 is 1.18 bits per heavy atom. The zero-order chi connectivity index (χ0) is 29.3. The number of halogens is 7. The van der Waals surface area contributed by atoms with Crippen molar-refractivity contribution in [1.82, 2.24) is 15.2 Å². The average molecular weight is 567 g/mol. The van der Waals surface area contributed by atoms with E-state index >= 15 is 0 Å². The quantitative estimate of drug-likeness (QED) is 0.491. The molecule has 1 aliphatic heterocycles. The van der Waals surface area contributed by atoms with Gasteiger partial charge in [-0.2, -0.15) is 26.3 Å². The molecule has 1 aromatic heterocycles. The van der Waals surface area contributed by atoms with Gasteiger partial charge in [0.15, 0.2) is 5.75 Å². The van der Waals surface area contributed by atoms with Gasteiger partial charge in [-0.15, -0.1) is 0 Å². The van der Waals surface area contributed by atoms with Crippen molar-refractivity contribution in [3.63, 3.8) is 0 Å². The molecule has 0 spiro atoms. The largest absolute Gasteiger partial charge is 0.420 e. The molecular formula is C23H24F7N5O4. The summed E-state index contributed by atoms with van der Waals surface area (Å²) < 4.78 is 101. The maximum Gasteiger partial charge on any atom is 0.420 e. The highest BCUT2D eigenvalue weighted by molar-refractivity contribution is 5.97. The number of benzene rings is 1. The third kappa shape index (κ3) is 6.68. The van der Waals surface area contributed by atoms with Crippen LogP contribution in [-0.4, -0.2) is 73.5 Å². The number of rotatable bonds is 7. The number of urea groups is 1. The van der Waals surface area contributed by atoms with Crippen LogP contribution in [0.5, 0.6) is 5.75 Å². The molecule has 2 heterocycles. The van der Waals surface area contributed by atoms with Gasteiger partial charge in [-0.3, -0.25) is 9.80 Å². The fourth-order valence-electron chi connectivity index (χ4n) is 3.79. The number of nitrogens with one attached hydrogen (secondary N) is 1. The Kier molecular flexibility index (Phi) is 8.60. The van der Waals surface area contributed by atoms with Gasteiger partial charge in [-0.1, -0.05) is 0 Å². The fourth-order valence-corrected chi connectivity index (χ4v) is 3.79. The van der Waals surface area contributed by atoms with Gasteiger partial charge in [0.25, 0.3) is 0 Å². The van der Waals surface area contributed by atoms with E-state index in [1.165, 1.54) is 14.0 Å². The first-order valence-electron chi connectivity index (χ1n) is 11.3. The number of hydrogen-bond acceptors (Lipinski definition) is 6. The first-order chi connectivity index (χ1) is 18.0. The molecule has 39 heavy (non-hydrogen) atoms. The zero-order valence-electron chi connectivity index (χ0n) is 20.8. The number of aliphatic hydroxyl groups is 1. The standard InChI is InChI=1S/C23H24F7N5O4/c1-12-16(24)4-5-18(32-12)33(3)21(38)39-19-15(23(28,29)30)8-13(22(25,26)27)9-17(19)35-7-6-34(20(35)37)11-14(36)10-31-2/h4-5,8-9,14,31,36H,6-7,10-11H2,1-3H3. The molecule has 1 aromatic carbocycles.